The fraction of sp³-hybridized carbons (Fsp3) is 0.706. The van der Waals surface area contributed by atoms with Crippen molar-refractivity contribution in [1.82, 2.24) is 15.2 Å². The number of anilines is 1. The summed E-state index contributed by atoms with van der Waals surface area (Å²) in [4.78, 5) is 9.50. The zero-order chi connectivity index (χ0) is 15.0. The van der Waals surface area contributed by atoms with Crippen LogP contribution in [0.25, 0.3) is 0 Å². The average Bonchev–Trinajstić information content (AvgIpc) is 3.09. The summed E-state index contributed by atoms with van der Waals surface area (Å²) in [6.45, 7) is 9.30. The first-order valence-electron chi connectivity index (χ1n) is 8.63. The second kappa shape index (κ2) is 8.46. The molecule has 2 saturated heterocycles. The van der Waals surface area contributed by atoms with Crippen molar-refractivity contribution in [2.75, 3.05) is 57.4 Å². The van der Waals surface area contributed by atoms with Gasteiger partial charge in [0.25, 0.3) is 0 Å². The molecule has 5 heteroatoms. The van der Waals surface area contributed by atoms with Crippen molar-refractivity contribution in [3.63, 3.8) is 0 Å². The van der Waals surface area contributed by atoms with Crippen molar-refractivity contribution in [3.05, 3.63) is 23.9 Å². The molecule has 0 aliphatic carbocycles. The number of ether oxygens (including phenoxy) is 1. The Labute approximate surface area is 133 Å². The lowest BCUT2D eigenvalue weighted by Gasteiger charge is -2.29. The maximum atomic E-state index is 5.43. The second-order valence-corrected chi connectivity index (χ2v) is 6.16. The van der Waals surface area contributed by atoms with Gasteiger partial charge in [0.1, 0.15) is 5.82 Å². The Hall–Kier alpha value is -1.17. The lowest BCUT2D eigenvalue weighted by atomic mass is 10.2. The van der Waals surface area contributed by atoms with Crippen LogP contribution in [0.3, 0.4) is 0 Å². The van der Waals surface area contributed by atoms with Crippen LogP contribution in [0, 0.1) is 0 Å². The molecule has 5 nitrogen and oxygen atoms in total. The molecule has 0 radical (unpaired) electrons. The van der Waals surface area contributed by atoms with Gasteiger partial charge < -0.3 is 19.9 Å². The Balaban J connectivity index is 1.43. The third-order valence-electron chi connectivity index (χ3n) is 4.52. The Morgan fingerprint density at radius 3 is 2.77 bits per heavy atom. The highest BCUT2D eigenvalue weighted by Crippen LogP contribution is 2.18. The Morgan fingerprint density at radius 2 is 1.95 bits per heavy atom. The summed E-state index contributed by atoms with van der Waals surface area (Å²) in [5.74, 6) is 1.12. The Morgan fingerprint density at radius 1 is 1.14 bits per heavy atom. The van der Waals surface area contributed by atoms with E-state index in [9.17, 15) is 0 Å². The summed E-state index contributed by atoms with van der Waals surface area (Å²) >= 11 is 0. The normalized spacial score (nSPS) is 19.7. The van der Waals surface area contributed by atoms with E-state index < -0.39 is 0 Å². The molecule has 3 rings (SSSR count). The van der Waals surface area contributed by atoms with Gasteiger partial charge in [0.15, 0.2) is 0 Å². The summed E-state index contributed by atoms with van der Waals surface area (Å²) in [5, 5.41) is 3.58. The van der Waals surface area contributed by atoms with E-state index in [1.165, 1.54) is 44.5 Å². The predicted molar refractivity (Wildman–Crippen MR) is 89.3 cm³/mol. The van der Waals surface area contributed by atoms with Crippen molar-refractivity contribution in [3.8, 4) is 0 Å². The lowest BCUT2D eigenvalue weighted by Crippen LogP contribution is -2.37. The third kappa shape index (κ3) is 4.41. The van der Waals surface area contributed by atoms with Crippen LogP contribution in [-0.2, 0) is 11.3 Å². The minimum Gasteiger partial charge on any atom is -0.378 e. The molecule has 0 amide bonds. The largest absolute Gasteiger partial charge is 0.378 e. The van der Waals surface area contributed by atoms with Crippen molar-refractivity contribution in [2.24, 2.45) is 0 Å². The molecular formula is C17H28N4O. The van der Waals surface area contributed by atoms with Crippen molar-refractivity contribution >= 4 is 5.82 Å². The quantitative estimate of drug-likeness (QED) is 0.773. The number of morpholine rings is 1. The fourth-order valence-corrected chi connectivity index (χ4v) is 3.29. The van der Waals surface area contributed by atoms with Crippen molar-refractivity contribution < 1.29 is 4.74 Å². The molecule has 3 heterocycles. The first kappa shape index (κ1) is 15.7. The molecular weight excluding hydrogens is 276 g/mol. The van der Waals surface area contributed by atoms with E-state index in [1.807, 2.05) is 12.3 Å². The highest BCUT2D eigenvalue weighted by atomic mass is 16.5. The van der Waals surface area contributed by atoms with Crippen LogP contribution in [0.15, 0.2) is 18.3 Å². The zero-order valence-corrected chi connectivity index (χ0v) is 13.5. The molecule has 0 spiro atoms. The summed E-state index contributed by atoms with van der Waals surface area (Å²) in [6, 6.07) is 4.22. The number of nitrogens with zero attached hydrogens (tertiary/aromatic N) is 3. The van der Waals surface area contributed by atoms with Crippen LogP contribution in [0.1, 0.15) is 24.8 Å². The second-order valence-electron chi connectivity index (χ2n) is 6.16. The zero-order valence-electron chi connectivity index (χ0n) is 13.5. The number of pyridine rings is 1. The molecule has 22 heavy (non-hydrogen) atoms. The van der Waals surface area contributed by atoms with Crippen LogP contribution < -0.4 is 10.2 Å². The molecule has 0 saturated carbocycles. The SMILES string of the molecule is c1cnc(N2CCOCC2)c(CNCCCN2CCCC2)c1. The molecule has 1 aromatic heterocycles. The first-order chi connectivity index (χ1) is 10.9. The minimum absolute atomic E-state index is 0.805. The van der Waals surface area contributed by atoms with E-state index in [-0.39, 0.29) is 0 Å². The number of nitrogens with one attached hydrogen (secondary N) is 1. The van der Waals surface area contributed by atoms with Gasteiger partial charge in [0.05, 0.1) is 13.2 Å². The Bertz CT molecular complexity index is 442. The topological polar surface area (TPSA) is 40.6 Å². The predicted octanol–water partition coefficient (Wildman–Crippen LogP) is 1.49. The molecule has 122 valence electrons. The highest BCUT2D eigenvalue weighted by molar-refractivity contribution is 5.46. The Kier molecular flexibility index (Phi) is 6.04. The molecule has 2 fully saturated rings. The summed E-state index contributed by atoms with van der Waals surface area (Å²) < 4.78 is 5.43. The molecule has 0 unspecified atom stereocenters. The van der Waals surface area contributed by atoms with Crippen molar-refractivity contribution in [2.45, 2.75) is 25.8 Å². The van der Waals surface area contributed by atoms with E-state index in [0.717, 1.165) is 45.2 Å². The van der Waals surface area contributed by atoms with Gasteiger partial charge in [-0.2, -0.15) is 0 Å². The van der Waals surface area contributed by atoms with Crippen LogP contribution in [-0.4, -0.2) is 62.4 Å². The van der Waals surface area contributed by atoms with Crippen LogP contribution in [0.4, 0.5) is 5.82 Å². The average molecular weight is 304 g/mol. The summed E-state index contributed by atoms with van der Waals surface area (Å²) in [5.41, 5.74) is 1.30. The van der Waals surface area contributed by atoms with E-state index >= 15 is 0 Å². The lowest BCUT2D eigenvalue weighted by molar-refractivity contribution is 0.122. The highest BCUT2D eigenvalue weighted by Gasteiger charge is 2.15. The number of aromatic nitrogens is 1. The smallest absolute Gasteiger partial charge is 0.133 e. The van der Waals surface area contributed by atoms with E-state index in [2.05, 4.69) is 26.2 Å². The maximum absolute atomic E-state index is 5.43. The molecule has 0 aromatic carbocycles. The number of hydrogen-bond donors (Lipinski definition) is 1. The van der Waals surface area contributed by atoms with Crippen LogP contribution >= 0.6 is 0 Å². The number of rotatable bonds is 7. The van der Waals surface area contributed by atoms with Gasteiger partial charge >= 0.3 is 0 Å². The van der Waals surface area contributed by atoms with Crippen LogP contribution in [0.5, 0.6) is 0 Å². The molecule has 0 atom stereocenters. The van der Waals surface area contributed by atoms with Gasteiger partial charge in [-0.3, -0.25) is 0 Å². The van der Waals surface area contributed by atoms with Crippen molar-refractivity contribution in [1.29, 1.82) is 0 Å². The molecule has 2 aliphatic heterocycles. The first-order valence-corrected chi connectivity index (χ1v) is 8.63. The fourth-order valence-electron chi connectivity index (χ4n) is 3.29. The summed E-state index contributed by atoms with van der Waals surface area (Å²) in [7, 11) is 0. The summed E-state index contributed by atoms with van der Waals surface area (Å²) in [6.07, 6.45) is 5.88. The van der Waals surface area contributed by atoms with Gasteiger partial charge in [0.2, 0.25) is 0 Å². The molecule has 0 bridgehead atoms. The van der Waals surface area contributed by atoms with Gasteiger partial charge in [-0.25, -0.2) is 4.98 Å². The number of hydrogen-bond acceptors (Lipinski definition) is 5. The van der Waals surface area contributed by atoms with Gasteiger partial charge in [0, 0.05) is 31.4 Å². The monoisotopic (exact) mass is 304 g/mol. The molecule has 2 aliphatic rings. The number of likely N-dealkylation sites (tertiary alicyclic amines) is 1. The van der Waals surface area contributed by atoms with Crippen LogP contribution in [0.2, 0.25) is 0 Å². The molecule has 1 N–H and O–H groups in total. The van der Waals surface area contributed by atoms with Gasteiger partial charge in [-0.1, -0.05) is 6.07 Å². The molecule has 1 aromatic rings. The van der Waals surface area contributed by atoms with E-state index in [4.69, 9.17) is 4.74 Å². The third-order valence-corrected chi connectivity index (χ3v) is 4.52. The minimum atomic E-state index is 0.805. The standard InChI is InChI=1S/C17H28N4O/c1-2-9-20(8-1)10-4-6-18-15-16-5-3-7-19-17(16)21-11-13-22-14-12-21/h3,5,7,18H,1-2,4,6,8-15H2. The van der Waals surface area contributed by atoms with Gasteiger partial charge in [-0.15, -0.1) is 0 Å². The van der Waals surface area contributed by atoms with E-state index in [0.29, 0.717) is 0 Å². The maximum Gasteiger partial charge on any atom is 0.133 e. The van der Waals surface area contributed by atoms with E-state index in [1.54, 1.807) is 0 Å². The van der Waals surface area contributed by atoms with Gasteiger partial charge in [-0.05, 0) is 51.5 Å².